The van der Waals surface area contributed by atoms with E-state index in [0.717, 1.165) is 31.8 Å². The van der Waals surface area contributed by atoms with Crippen LogP contribution < -0.4 is 0 Å². The summed E-state index contributed by atoms with van der Waals surface area (Å²) < 4.78 is 7.74. The molecule has 0 spiro atoms. The zero-order valence-electron chi connectivity index (χ0n) is 11.2. The fourth-order valence-electron chi connectivity index (χ4n) is 2.37. The lowest BCUT2D eigenvalue weighted by Gasteiger charge is -2.05. The second kappa shape index (κ2) is 5.84. The summed E-state index contributed by atoms with van der Waals surface area (Å²) >= 11 is 1.79. The third kappa shape index (κ3) is 2.72. The lowest BCUT2D eigenvalue weighted by Crippen LogP contribution is -2.01. The molecule has 102 valence electrons. The molecule has 0 amide bonds. The molecule has 4 nitrogen and oxygen atoms in total. The number of thiophene rings is 1. The third-order valence-electron chi connectivity index (χ3n) is 3.43. The molecule has 1 aliphatic heterocycles. The first-order chi connectivity index (χ1) is 9.38. The molecule has 5 heteroatoms. The average molecular weight is 277 g/mol. The van der Waals surface area contributed by atoms with Gasteiger partial charge in [-0.3, -0.25) is 0 Å². The van der Waals surface area contributed by atoms with Crippen molar-refractivity contribution in [2.75, 3.05) is 6.61 Å². The highest BCUT2D eigenvalue weighted by atomic mass is 32.1. The second-order valence-corrected chi connectivity index (χ2v) is 5.98. The summed E-state index contributed by atoms with van der Waals surface area (Å²) in [5.41, 5.74) is 0. The van der Waals surface area contributed by atoms with Crippen molar-refractivity contribution in [3.63, 3.8) is 0 Å². The normalized spacial score (nSPS) is 19.1. The summed E-state index contributed by atoms with van der Waals surface area (Å²) in [6.45, 7) is 4.03. The van der Waals surface area contributed by atoms with Gasteiger partial charge in [0.2, 0.25) is 0 Å². The Morgan fingerprint density at radius 1 is 1.47 bits per heavy atom. The number of aryl methyl sites for hydroxylation is 1. The summed E-state index contributed by atoms with van der Waals surface area (Å²) in [6, 6.07) is 4.32. The van der Waals surface area contributed by atoms with Gasteiger partial charge in [0.05, 0.1) is 11.0 Å². The zero-order chi connectivity index (χ0) is 13.1. The molecule has 3 rings (SSSR count). The van der Waals surface area contributed by atoms with Gasteiger partial charge in [0, 0.05) is 18.0 Å². The summed E-state index contributed by atoms with van der Waals surface area (Å²) in [7, 11) is 0. The van der Waals surface area contributed by atoms with E-state index >= 15 is 0 Å². The van der Waals surface area contributed by atoms with E-state index in [-0.39, 0.29) is 0 Å². The molecule has 3 heterocycles. The van der Waals surface area contributed by atoms with E-state index in [0.29, 0.717) is 6.10 Å². The van der Waals surface area contributed by atoms with Gasteiger partial charge in [0.1, 0.15) is 6.33 Å². The highest BCUT2D eigenvalue weighted by Crippen LogP contribution is 2.36. The molecule has 1 atom stereocenters. The number of hydrogen-bond donors (Lipinski definition) is 0. The van der Waals surface area contributed by atoms with Crippen LogP contribution in [-0.4, -0.2) is 21.4 Å². The maximum absolute atomic E-state index is 5.73. The van der Waals surface area contributed by atoms with Crippen LogP contribution in [0.3, 0.4) is 0 Å². The van der Waals surface area contributed by atoms with Crippen LogP contribution in [0.15, 0.2) is 18.5 Å². The number of unbranched alkanes of at least 4 members (excludes halogenated alkanes) is 1. The van der Waals surface area contributed by atoms with E-state index in [1.807, 2.05) is 4.68 Å². The number of ether oxygens (including phenoxy) is 1. The van der Waals surface area contributed by atoms with Crippen molar-refractivity contribution in [2.45, 2.75) is 45.3 Å². The minimum atomic E-state index is 0.297. The number of rotatable bonds is 5. The SMILES string of the molecule is CCCCn1ncnc1-c1ccc([C@H]2CCCO2)s1. The summed E-state index contributed by atoms with van der Waals surface area (Å²) in [5, 5.41) is 4.32. The highest BCUT2D eigenvalue weighted by Gasteiger charge is 2.20. The molecule has 0 aromatic carbocycles. The monoisotopic (exact) mass is 277 g/mol. The molecule has 2 aromatic rings. The topological polar surface area (TPSA) is 39.9 Å². The van der Waals surface area contributed by atoms with Crippen molar-refractivity contribution in [1.29, 1.82) is 0 Å². The molecule has 0 aliphatic carbocycles. The standard InChI is InChI=1S/C14H19N3OS/c1-2-3-8-17-14(15-10-16-17)13-7-6-12(19-13)11-5-4-9-18-11/h6-7,10-11H,2-5,8-9H2,1H3/t11-/m1/s1. The first-order valence-electron chi connectivity index (χ1n) is 6.98. The molecule has 0 unspecified atom stereocenters. The van der Waals surface area contributed by atoms with E-state index in [4.69, 9.17) is 4.74 Å². The molecule has 0 bridgehead atoms. The Kier molecular flexibility index (Phi) is 3.94. The van der Waals surface area contributed by atoms with Crippen LogP contribution in [0.25, 0.3) is 10.7 Å². The molecule has 0 N–H and O–H groups in total. The van der Waals surface area contributed by atoms with Gasteiger partial charge in [0.25, 0.3) is 0 Å². The van der Waals surface area contributed by atoms with Gasteiger partial charge < -0.3 is 4.74 Å². The highest BCUT2D eigenvalue weighted by molar-refractivity contribution is 7.15. The molecule has 19 heavy (non-hydrogen) atoms. The number of hydrogen-bond acceptors (Lipinski definition) is 4. The van der Waals surface area contributed by atoms with E-state index in [9.17, 15) is 0 Å². The maximum atomic E-state index is 5.73. The largest absolute Gasteiger partial charge is 0.373 e. The van der Waals surface area contributed by atoms with Gasteiger partial charge in [-0.1, -0.05) is 13.3 Å². The van der Waals surface area contributed by atoms with Gasteiger partial charge in [-0.15, -0.1) is 11.3 Å². The van der Waals surface area contributed by atoms with Crippen LogP contribution >= 0.6 is 11.3 Å². The van der Waals surface area contributed by atoms with E-state index < -0.39 is 0 Å². The van der Waals surface area contributed by atoms with Crippen molar-refractivity contribution in [2.24, 2.45) is 0 Å². The van der Waals surface area contributed by atoms with Crippen molar-refractivity contribution in [3.05, 3.63) is 23.3 Å². The summed E-state index contributed by atoms with van der Waals surface area (Å²) in [4.78, 5) is 6.91. The Labute approximate surface area is 117 Å². The molecular formula is C14H19N3OS. The Balaban J connectivity index is 1.80. The molecular weight excluding hydrogens is 258 g/mol. The van der Waals surface area contributed by atoms with Crippen LogP contribution in [0.5, 0.6) is 0 Å². The van der Waals surface area contributed by atoms with Crippen LogP contribution in [0.4, 0.5) is 0 Å². The Morgan fingerprint density at radius 3 is 3.21 bits per heavy atom. The zero-order valence-corrected chi connectivity index (χ0v) is 12.0. The van der Waals surface area contributed by atoms with Gasteiger partial charge >= 0.3 is 0 Å². The van der Waals surface area contributed by atoms with Crippen molar-refractivity contribution < 1.29 is 4.74 Å². The van der Waals surface area contributed by atoms with E-state index in [1.54, 1.807) is 17.7 Å². The predicted molar refractivity (Wildman–Crippen MR) is 76.2 cm³/mol. The van der Waals surface area contributed by atoms with Gasteiger partial charge in [-0.05, 0) is 31.4 Å². The van der Waals surface area contributed by atoms with Crippen LogP contribution in [0.1, 0.15) is 43.6 Å². The predicted octanol–water partition coefficient (Wildman–Crippen LogP) is 3.66. The van der Waals surface area contributed by atoms with Gasteiger partial charge in [-0.25, -0.2) is 9.67 Å². The minimum Gasteiger partial charge on any atom is -0.373 e. The summed E-state index contributed by atoms with van der Waals surface area (Å²) in [5.74, 6) is 0.989. The molecule has 1 saturated heterocycles. The molecule has 1 fully saturated rings. The van der Waals surface area contributed by atoms with Gasteiger partial charge in [0.15, 0.2) is 5.82 Å². The first-order valence-corrected chi connectivity index (χ1v) is 7.79. The fourth-order valence-corrected chi connectivity index (χ4v) is 3.47. The van der Waals surface area contributed by atoms with Crippen LogP contribution in [-0.2, 0) is 11.3 Å². The second-order valence-electron chi connectivity index (χ2n) is 4.86. The Morgan fingerprint density at radius 2 is 2.42 bits per heavy atom. The maximum Gasteiger partial charge on any atom is 0.168 e. The summed E-state index contributed by atoms with van der Waals surface area (Å²) in [6.07, 6.45) is 6.57. The van der Waals surface area contributed by atoms with E-state index in [2.05, 4.69) is 29.1 Å². The Hall–Kier alpha value is -1.20. The fraction of sp³-hybridized carbons (Fsp3) is 0.571. The quantitative estimate of drug-likeness (QED) is 0.837. The van der Waals surface area contributed by atoms with Crippen molar-refractivity contribution >= 4 is 11.3 Å². The molecule has 0 saturated carbocycles. The minimum absolute atomic E-state index is 0.297. The lowest BCUT2D eigenvalue weighted by molar-refractivity contribution is 0.114. The molecule has 2 aromatic heterocycles. The number of nitrogens with zero attached hydrogens (tertiary/aromatic N) is 3. The third-order valence-corrected chi connectivity index (χ3v) is 4.61. The molecule has 1 aliphatic rings. The van der Waals surface area contributed by atoms with Crippen LogP contribution in [0.2, 0.25) is 0 Å². The van der Waals surface area contributed by atoms with E-state index in [1.165, 1.54) is 22.6 Å². The average Bonchev–Trinajstić information content (AvgIpc) is 3.14. The smallest absolute Gasteiger partial charge is 0.168 e. The lowest BCUT2D eigenvalue weighted by atomic mass is 10.2. The molecule has 0 radical (unpaired) electrons. The van der Waals surface area contributed by atoms with Gasteiger partial charge in [-0.2, -0.15) is 5.10 Å². The van der Waals surface area contributed by atoms with Crippen LogP contribution in [0, 0.1) is 0 Å². The Bertz CT molecular complexity index is 528. The first kappa shape index (κ1) is 12.8. The number of aromatic nitrogens is 3. The van der Waals surface area contributed by atoms with Crippen molar-refractivity contribution in [1.82, 2.24) is 14.8 Å². The van der Waals surface area contributed by atoms with Crippen molar-refractivity contribution in [3.8, 4) is 10.7 Å².